The van der Waals surface area contributed by atoms with Crippen LogP contribution < -0.4 is 4.72 Å². The van der Waals surface area contributed by atoms with E-state index in [1.807, 2.05) is 0 Å². The van der Waals surface area contributed by atoms with Crippen LogP contribution in [0.2, 0.25) is 0 Å². The van der Waals surface area contributed by atoms with Gasteiger partial charge in [-0.3, -0.25) is 0 Å². The molecule has 1 N–H and O–H groups in total. The molecule has 0 saturated heterocycles. The molecule has 84 valence electrons. The first-order valence-corrected chi connectivity index (χ1v) is 6.83. The highest BCUT2D eigenvalue weighted by atomic mass is 79.9. The Kier molecular flexibility index (Phi) is 2.82. The molecule has 1 aromatic rings. The zero-order valence-electron chi connectivity index (χ0n) is 8.14. The average molecular weight is 295 g/mol. The van der Waals surface area contributed by atoms with Gasteiger partial charge in [-0.2, -0.15) is 0 Å². The number of aromatic nitrogens is 3. The fourth-order valence-corrected chi connectivity index (χ4v) is 3.43. The largest absolute Gasteiger partial charge is 0.260 e. The molecule has 0 unspecified atom stereocenters. The molecule has 0 spiro atoms. The number of nitrogens with one attached hydrogen (secondary N) is 1. The van der Waals surface area contributed by atoms with Crippen molar-refractivity contribution in [2.45, 2.75) is 17.9 Å². The molecule has 0 aliphatic heterocycles. The van der Waals surface area contributed by atoms with Gasteiger partial charge in [0.1, 0.15) is 0 Å². The van der Waals surface area contributed by atoms with E-state index in [0.717, 1.165) is 12.8 Å². The lowest BCUT2D eigenvalue weighted by molar-refractivity contribution is 0.557. The number of hydrogen-bond acceptors (Lipinski definition) is 4. The van der Waals surface area contributed by atoms with Crippen LogP contribution in [-0.4, -0.2) is 30.0 Å². The zero-order chi connectivity index (χ0) is 11.1. The minimum Gasteiger partial charge on any atom is -0.235 e. The fourth-order valence-electron chi connectivity index (χ4n) is 1.23. The van der Waals surface area contributed by atoms with Gasteiger partial charge >= 0.3 is 0 Å². The fraction of sp³-hybridized carbons (Fsp3) is 0.714. The topological polar surface area (TPSA) is 76.9 Å². The molecular weight excluding hydrogens is 284 g/mol. The molecule has 1 aliphatic carbocycles. The summed E-state index contributed by atoms with van der Waals surface area (Å²) < 4.78 is 27.7. The van der Waals surface area contributed by atoms with Gasteiger partial charge in [-0.25, -0.2) is 17.8 Å². The van der Waals surface area contributed by atoms with Crippen molar-refractivity contribution in [3.05, 3.63) is 4.60 Å². The molecule has 1 saturated carbocycles. The quantitative estimate of drug-likeness (QED) is 0.864. The van der Waals surface area contributed by atoms with Crippen molar-refractivity contribution >= 4 is 26.0 Å². The highest BCUT2D eigenvalue weighted by Crippen LogP contribution is 2.28. The highest BCUT2D eigenvalue weighted by Gasteiger charge is 2.27. The second kappa shape index (κ2) is 3.84. The second-order valence-electron chi connectivity index (χ2n) is 3.60. The molecule has 0 aromatic carbocycles. The molecule has 0 bridgehead atoms. The molecule has 8 heteroatoms. The SMILES string of the molecule is Cn1nnc(Br)c1S(=O)(=O)NCC1CC1. The van der Waals surface area contributed by atoms with Crippen molar-refractivity contribution in [1.82, 2.24) is 19.7 Å². The predicted molar refractivity (Wildman–Crippen MR) is 56.6 cm³/mol. The molecule has 6 nitrogen and oxygen atoms in total. The van der Waals surface area contributed by atoms with E-state index in [1.165, 1.54) is 4.68 Å². The van der Waals surface area contributed by atoms with Crippen LogP contribution in [0.4, 0.5) is 0 Å². The molecule has 1 heterocycles. The van der Waals surface area contributed by atoms with E-state index in [2.05, 4.69) is 31.0 Å². The molecule has 0 atom stereocenters. The summed E-state index contributed by atoms with van der Waals surface area (Å²) in [6.45, 7) is 0.500. The summed E-state index contributed by atoms with van der Waals surface area (Å²) in [5.41, 5.74) is 0. The number of sulfonamides is 1. The summed E-state index contributed by atoms with van der Waals surface area (Å²) in [7, 11) is -1.95. The van der Waals surface area contributed by atoms with Crippen molar-refractivity contribution in [2.24, 2.45) is 13.0 Å². The third kappa shape index (κ3) is 2.37. The molecular formula is C7H11BrN4O2S. The molecule has 1 fully saturated rings. The molecule has 1 aromatic heterocycles. The lowest BCUT2D eigenvalue weighted by Crippen LogP contribution is -2.27. The first-order chi connectivity index (χ1) is 7.00. The minimum atomic E-state index is -3.49. The van der Waals surface area contributed by atoms with Crippen LogP contribution in [0.1, 0.15) is 12.8 Å². The van der Waals surface area contributed by atoms with Crippen molar-refractivity contribution < 1.29 is 8.42 Å². The minimum absolute atomic E-state index is 0.0724. The predicted octanol–water partition coefficient (Wildman–Crippen LogP) is 0.266. The number of hydrogen-bond donors (Lipinski definition) is 1. The van der Waals surface area contributed by atoms with Crippen LogP contribution in [0.5, 0.6) is 0 Å². The summed E-state index contributed by atoms with van der Waals surface area (Å²) >= 11 is 3.06. The van der Waals surface area contributed by atoms with E-state index >= 15 is 0 Å². The first-order valence-electron chi connectivity index (χ1n) is 4.55. The van der Waals surface area contributed by atoms with Crippen LogP contribution in [-0.2, 0) is 17.1 Å². The van der Waals surface area contributed by atoms with E-state index < -0.39 is 10.0 Å². The van der Waals surface area contributed by atoms with Crippen molar-refractivity contribution in [1.29, 1.82) is 0 Å². The monoisotopic (exact) mass is 294 g/mol. The number of nitrogens with zero attached hydrogens (tertiary/aromatic N) is 3. The lowest BCUT2D eigenvalue weighted by Gasteiger charge is -2.05. The molecule has 1 aliphatic rings. The van der Waals surface area contributed by atoms with Gasteiger partial charge in [0.2, 0.25) is 5.03 Å². The first kappa shape index (κ1) is 11.0. The van der Waals surface area contributed by atoms with Gasteiger partial charge in [0.15, 0.2) is 4.60 Å². The van der Waals surface area contributed by atoms with Crippen LogP contribution in [0, 0.1) is 5.92 Å². The maximum atomic E-state index is 11.8. The van der Waals surface area contributed by atoms with Crippen molar-refractivity contribution in [2.75, 3.05) is 6.54 Å². The molecule has 0 radical (unpaired) electrons. The lowest BCUT2D eigenvalue weighted by atomic mass is 10.4. The summed E-state index contributed by atoms with van der Waals surface area (Å²) in [5.74, 6) is 0.500. The Morgan fingerprint density at radius 3 is 2.73 bits per heavy atom. The summed E-state index contributed by atoms with van der Waals surface area (Å²) in [6.07, 6.45) is 2.21. The van der Waals surface area contributed by atoms with Gasteiger partial charge in [0.25, 0.3) is 10.0 Å². The van der Waals surface area contributed by atoms with E-state index in [9.17, 15) is 8.42 Å². The van der Waals surface area contributed by atoms with E-state index in [4.69, 9.17) is 0 Å². The Labute approximate surface area is 96.2 Å². The van der Waals surface area contributed by atoms with Crippen LogP contribution >= 0.6 is 15.9 Å². The second-order valence-corrected chi connectivity index (χ2v) is 6.04. The van der Waals surface area contributed by atoms with Crippen molar-refractivity contribution in [3.63, 3.8) is 0 Å². The van der Waals surface area contributed by atoms with Gasteiger partial charge in [-0.15, -0.1) is 5.10 Å². The molecule has 2 rings (SSSR count). The maximum Gasteiger partial charge on any atom is 0.260 e. The van der Waals surface area contributed by atoms with E-state index in [1.54, 1.807) is 7.05 Å². The molecule has 0 amide bonds. The van der Waals surface area contributed by atoms with Gasteiger partial charge in [0.05, 0.1) is 0 Å². The van der Waals surface area contributed by atoms with Gasteiger partial charge in [-0.1, -0.05) is 5.21 Å². The normalized spacial score (nSPS) is 16.9. The van der Waals surface area contributed by atoms with E-state index in [0.29, 0.717) is 12.5 Å². The van der Waals surface area contributed by atoms with Crippen LogP contribution in [0.25, 0.3) is 0 Å². The third-order valence-electron chi connectivity index (χ3n) is 2.25. The zero-order valence-corrected chi connectivity index (χ0v) is 10.5. The van der Waals surface area contributed by atoms with Gasteiger partial charge in [0, 0.05) is 13.6 Å². The summed E-state index contributed by atoms with van der Waals surface area (Å²) in [4.78, 5) is 0. The van der Waals surface area contributed by atoms with Crippen LogP contribution in [0.15, 0.2) is 9.63 Å². The Hall–Kier alpha value is -0.470. The average Bonchev–Trinajstić information content (AvgIpc) is 2.90. The van der Waals surface area contributed by atoms with Gasteiger partial charge in [-0.05, 0) is 34.7 Å². The third-order valence-corrected chi connectivity index (χ3v) is 4.56. The number of rotatable bonds is 4. The number of aryl methyl sites for hydroxylation is 1. The Balaban J connectivity index is 2.20. The Bertz CT molecular complexity index is 446. The highest BCUT2D eigenvalue weighted by molar-refractivity contribution is 9.10. The molecule has 15 heavy (non-hydrogen) atoms. The maximum absolute atomic E-state index is 11.8. The summed E-state index contributed by atoms with van der Waals surface area (Å²) in [6, 6.07) is 0. The van der Waals surface area contributed by atoms with Crippen LogP contribution in [0.3, 0.4) is 0 Å². The van der Waals surface area contributed by atoms with Gasteiger partial charge < -0.3 is 0 Å². The Morgan fingerprint density at radius 2 is 2.27 bits per heavy atom. The number of halogens is 1. The summed E-state index contributed by atoms with van der Waals surface area (Å²) in [5, 5.41) is 7.33. The smallest absolute Gasteiger partial charge is 0.235 e. The van der Waals surface area contributed by atoms with E-state index in [-0.39, 0.29) is 9.63 Å². The Morgan fingerprint density at radius 1 is 1.60 bits per heavy atom. The standard InChI is InChI=1S/C7H11BrN4O2S/c1-12-7(6(8)10-11-12)15(13,14)9-4-5-2-3-5/h5,9H,2-4H2,1H3. The van der Waals surface area contributed by atoms with Crippen molar-refractivity contribution in [3.8, 4) is 0 Å².